The van der Waals surface area contributed by atoms with Crippen LogP contribution in [0, 0.1) is 5.92 Å². The average molecular weight is 243 g/mol. The molecule has 1 fully saturated rings. The fourth-order valence-corrected chi connectivity index (χ4v) is 2.16. The van der Waals surface area contributed by atoms with Gasteiger partial charge in [-0.15, -0.1) is 12.4 Å². The van der Waals surface area contributed by atoms with Gasteiger partial charge in [0.15, 0.2) is 0 Å². The number of nitrogens with zero attached hydrogens (tertiary/aromatic N) is 1. The molecule has 0 radical (unpaired) electrons. The van der Waals surface area contributed by atoms with Gasteiger partial charge in [-0.3, -0.25) is 4.90 Å². The Labute approximate surface area is 103 Å². The van der Waals surface area contributed by atoms with Gasteiger partial charge in [-0.2, -0.15) is 0 Å². The minimum absolute atomic E-state index is 0. The highest BCUT2D eigenvalue weighted by Crippen LogP contribution is 2.19. The third kappa shape index (κ3) is 3.37. The van der Waals surface area contributed by atoms with E-state index in [2.05, 4.69) is 11.0 Å². The number of nitrogens with two attached hydrogens (primary N) is 1. The van der Waals surface area contributed by atoms with Gasteiger partial charge >= 0.3 is 0 Å². The number of aromatic hydroxyl groups is 1. The summed E-state index contributed by atoms with van der Waals surface area (Å²) < 4.78 is 0. The van der Waals surface area contributed by atoms with Crippen LogP contribution in [-0.2, 0) is 6.54 Å². The lowest BCUT2D eigenvalue weighted by Gasteiger charge is -2.15. The monoisotopic (exact) mass is 242 g/mol. The molecular weight excluding hydrogens is 224 g/mol. The predicted molar refractivity (Wildman–Crippen MR) is 67.8 cm³/mol. The normalized spacial score (nSPS) is 20.7. The van der Waals surface area contributed by atoms with Crippen molar-refractivity contribution in [3.8, 4) is 5.75 Å². The molecule has 2 rings (SSSR count). The quantitative estimate of drug-likeness (QED) is 0.847. The fourth-order valence-electron chi connectivity index (χ4n) is 2.16. The topological polar surface area (TPSA) is 49.5 Å². The van der Waals surface area contributed by atoms with E-state index in [0.717, 1.165) is 26.2 Å². The molecule has 1 heterocycles. The number of rotatable bonds is 3. The summed E-state index contributed by atoms with van der Waals surface area (Å²) in [7, 11) is 0. The number of phenols is 1. The van der Waals surface area contributed by atoms with Gasteiger partial charge in [0.05, 0.1) is 0 Å². The highest BCUT2D eigenvalue weighted by Gasteiger charge is 2.20. The first-order valence-electron chi connectivity index (χ1n) is 5.48. The standard InChI is InChI=1S/C12H18N2O.ClH/c13-7-11-4-5-14(9-11)8-10-2-1-3-12(15)6-10;/h1-3,6,11,15H,4-5,7-9,13H2;1H. The van der Waals surface area contributed by atoms with Crippen LogP contribution in [0.5, 0.6) is 5.75 Å². The first kappa shape index (κ1) is 13.3. The third-order valence-corrected chi connectivity index (χ3v) is 3.02. The van der Waals surface area contributed by atoms with Crippen LogP contribution < -0.4 is 5.73 Å². The molecule has 90 valence electrons. The molecule has 0 saturated carbocycles. The maximum Gasteiger partial charge on any atom is 0.115 e. The van der Waals surface area contributed by atoms with Crippen molar-refractivity contribution in [1.82, 2.24) is 4.90 Å². The molecule has 3 nitrogen and oxygen atoms in total. The van der Waals surface area contributed by atoms with E-state index in [1.54, 1.807) is 6.07 Å². The molecular formula is C12H19ClN2O. The van der Waals surface area contributed by atoms with Crippen molar-refractivity contribution < 1.29 is 5.11 Å². The zero-order valence-electron chi connectivity index (χ0n) is 9.30. The summed E-state index contributed by atoms with van der Waals surface area (Å²) in [5.41, 5.74) is 6.82. The smallest absolute Gasteiger partial charge is 0.115 e. The van der Waals surface area contributed by atoms with Gasteiger partial charge in [0.2, 0.25) is 0 Å². The Balaban J connectivity index is 0.00000128. The van der Waals surface area contributed by atoms with Gasteiger partial charge in [0, 0.05) is 13.1 Å². The molecule has 0 aliphatic carbocycles. The van der Waals surface area contributed by atoms with Crippen LogP contribution in [0.2, 0.25) is 0 Å². The van der Waals surface area contributed by atoms with Crippen LogP contribution in [0.15, 0.2) is 24.3 Å². The average Bonchev–Trinajstić information content (AvgIpc) is 2.65. The first-order chi connectivity index (χ1) is 7.28. The Bertz CT molecular complexity index is 333. The zero-order valence-corrected chi connectivity index (χ0v) is 10.1. The van der Waals surface area contributed by atoms with Gasteiger partial charge in [-0.05, 0) is 43.1 Å². The van der Waals surface area contributed by atoms with E-state index in [4.69, 9.17) is 5.73 Å². The molecule has 1 atom stereocenters. The molecule has 1 saturated heterocycles. The molecule has 4 heteroatoms. The highest BCUT2D eigenvalue weighted by molar-refractivity contribution is 5.85. The SMILES string of the molecule is Cl.NCC1CCN(Cc2cccc(O)c2)C1. The lowest BCUT2D eigenvalue weighted by atomic mass is 10.1. The summed E-state index contributed by atoms with van der Waals surface area (Å²) in [6.45, 7) is 3.92. The zero-order chi connectivity index (χ0) is 10.7. The number of hydrogen-bond donors (Lipinski definition) is 2. The van der Waals surface area contributed by atoms with Crippen molar-refractivity contribution in [2.24, 2.45) is 11.7 Å². The Hall–Kier alpha value is -0.770. The van der Waals surface area contributed by atoms with Gasteiger partial charge in [0.1, 0.15) is 5.75 Å². The number of halogens is 1. The first-order valence-corrected chi connectivity index (χ1v) is 5.48. The van der Waals surface area contributed by atoms with E-state index in [9.17, 15) is 5.11 Å². The van der Waals surface area contributed by atoms with Crippen molar-refractivity contribution in [1.29, 1.82) is 0 Å². The third-order valence-electron chi connectivity index (χ3n) is 3.02. The van der Waals surface area contributed by atoms with Crippen molar-refractivity contribution >= 4 is 12.4 Å². The number of phenolic OH excluding ortho intramolecular Hbond substituents is 1. The summed E-state index contributed by atoms with van der Waals surface area (Å²) in [4.78, 5) is 2.40. The lowest BCUT2D eigenvalue weighted by Crippen LogP contribution is -2.22. The molecule has 1 aliphatic heterocycles. The molecule has 3 N–H and O–H groups in total. The maximum absolute atomic E-state index is 9.35. The second kappa shape index (κ2) is 6.09. The van der Waals surface area contributed by atoms with Crippen molar-refractivity contribution in [3.63, 3.8) is 0 Å². The Kier molecular flexibility index (Phi) is 5.06. The molecule has 0 spiro atoms. The molecule has 0 aromatic heterocycles. The van der Waals surface area contributed by atoms with E-state index < -0.39 is 0 Å². The summed E-state index contributed by atoms with van der Waals surface area (Å²) >= 11 is 0. The number of benzene rings is 1. The largest absolute Gasteiger partial charge is 0.508 e. The molecule has 1 aromatic rings. The molecule has 0 bridgehead atoms. The minimum atomic E-state index is 0. The molecule has 1 aliphatic rings. The molecule has 1 aromatic carbocycles. The Morgan fingerprint density at radius 1 is 1.44 bits per heavy atom. The van der Waals surface area contributed by atoms with E-state index in [1.807, 2.05) is 12.1 Å². The maximum atomic E-state index is 9.35. The van der Waals surface area contributed by atoms with Gasteiger partial charge in [0.25, 0.3) is 0 Å². The van der Waals surface area contributed by atoms with E-state index in [0.29, 0.717) is 11.7 Å². The second-order valence-corrected chi connectivity index (χ2v) is 4.30. The van der Waals surface area contributed by atoms with Crippen LogP contribution in [-0.4, -0.2) is 29.6 Å². The Morgan fingerprint density at radius 3 is 2.88 bits per heavy atom. The molecule has 1 unspecified atom stereocenters. The van der Waals surface area contributed by atoms with Crippen molar-refractivity contribution in [3.05, 3.63) is 29.8 Å². The van der Waals surface area contributed by atoms with Crippen molar-refractivity contribution in [2.45, 2.75) is 13.0 Å². The predicted octanol–water partition coefficient (Wildman–Crippen LogP) is 1.59. The minimum Gasteiger partial charge on any atom is -0.508 e. The summed E-state index contributed by atoms with van der Waals surface area (Å²) in [5, 5.41) is 9.35. The van der Waals surface area contributed by atoms with Gasteiger partial charge in [-0.25, -0.2) is 0 Å². The van der Waals surface area contributed by atoms with Gasteiger partial charge < -0.3 is 10.8 Å². The van der Waals surface area contributed by atoms with E-state index in [1.165, 1.54) is 12.0 Å². The van der Waals surface area contributed by atoms with Crippen LogP contribution in [0.4, 0.5) is 0 Å². The summed E-state index contributed by atoms with van der Waals surface area (Å²) in [6, 6.07) is 7.47. The highest BCUT2D eigenvalue weighted by atomic mass is 35.5. The van der Waals surface area contributed by atoms with Crippen LogP contribution in [0.25, 0.3) is 0 Å². The molecule has 0 amide bonds. The van der Waals surface area contributed by atoms with Crippen LogP contribution >= 0.6 is 12.4 Å². The van der Waals surface area contributed by atoms with Crippen LogP contribution in [0.1, 0.15) is 12.0 Å². The van der Waals surface area contributed by atoms with E-state index in [-0.39, 0.29) is 12.4 Å². The van der Waals surface area contributed by atoms with Crippen LogP contribution in [0.3, 0.4) is 0 Å². The molecule has 16 heavy (non-hydrogen) atoms. The summed E-state index contributed by atoms with van der Waals surface area (Å²) in [5.74, 6) is 1.00. The van der Waals surface area contributed by atoms with Gasteiger partial charge in [-0.1, -0.05) is 12.1 Å². The van der Waals surface area contributed by atoms with Crippen molar-refractivity contribution in [2.75, 3.05) is 19.6 Å². The van der Waals surface area contributed by atoms with E-state index >= 15 is 0 Å². The summed E-state index contributed by atoms with van der Waals surface area (Å²) in [6.07, 6.45) is 1.20. The fraction of sp³-hybridized carbons (Fsp3) is 0.500. The second-order valence-electron chi connectivity index (χ2n) is 4.30. The number of hydrogen-bond acceptors (Lipinski definition) is 3. The Morgan fingerprint density at radius 2 is 2.25 bits per heavy atom. The number of likely N-dealkylation sites (tertiary alicyclic amines) is 1. The lowest BCUT2D eigenvalue weighted by molar-refractivity contribution is 0.317.